The van der Waals surface area contributed by atoms with Gasteiger partial charge in [-0.15, -0.1) is 5.10 Å². The molecule has 1 heterocycles. The minimum Gasteiger partial charge on any atom is -0.387 e. The zero-order chi connectivity index (χ0) is 21.6. The molecule has 1 N–H and O–H groups in total. The third kappa shape index (κ3) is 4.70. The number of hydrogen-bond donors (Lipinski definition) is 1. The molecule has 0 saturated carbocycles. The SMILES string of the molecule is CN(C[C@H](O)c1ccccc1)C(=O)c1cn(C(c2ccccc2)c2ccccc2)nn1. The number of benzene rings is 3. The molecule has 0 aliphatic rings. The van der Waals surface area contributed by atoms with Crippen molar-refractivity contribution in [1.82, 2.24) is 19.9 Å². The molecule has 1 aromatic heterocycles. The van der Waals surface area contributed by atoms with Gasteiger partial charge in [-0.2, -0.15) is 0 Å². The quantitative estimate of drug-likeness (QED) is 0.502. The number of aliphatic hydroxyl groups is 1. The highest BCUT2D eigenvalue weighted by atomic mass is 16.3. The number of rotatable bonds is 7. The van der Waals surface area contributed by atoms with Crippen molar-refractivity contribution in [3.05, 3.63) is 120 Å². The zero-order valence-corrected chi connectivity index (χ0v) is 17.2. The lowest BCUT2D eigenvalue weighted by atomic mass is 9.99. The Hall–Kier alpha value is -3.77. The van der Waals surface area contributed by atoms with Crippen molar-refractivity contribution in [2.45, 2.75) is 12.1 Å². The van der Waals surface area contributed by atoms with Crippen LogP contribution in [0, 0.1) is 0 Å². The number of aliphatic hydroxyl groups excluding tert-OH is 1. The number of carbonyl (C=O) groups excluding carboxylic acids is 1. The van der Waals surface area contributed by atoms with Gasteiger partial charge in [-0.25, -0.2) is 4.68 Å². The molecule has 31 heavy (non-hydrogen) atoms. The summed E-state index contributed by atoms with van der Waals surface area (Å²) in [5, 5.41) is 18.8. The minimum absolute atomic E-state index is 0.163. The van der Waals surface area contributed by atoms with Crippen molar-refractivity contribution < 1.29 is 9.90 Å². The zero-order valence-electron chi connectivity index (χ0n) is 17.2. The number of nitrogens with zero attached hydrogens (tertiary/aromatic N) is 4. The van der Waals surface area contributed by atoms with E-state index < -0.39 is 6.10 Å². The van der Waals surface area contributed by atoms with Crippen LogP contribution in [0.3, 0.4) is 0 Å². The maximum Gasteiger partial charge on any atom is 0.275 e. The number of hydrogen-bond acceptors (Lipinski definition) is 4. The van der Waals surface area contributed by atoms with Crippen molar-refractivity contribution in [2.75, 3.05) is 13.6 Å². The van der Waals surface area contributed by atoms with E-state index in [-0.39, 0.29) is 24.2 Å². The van der Waals surface area contributed by atoms with E-state index in [1.165, 1.54) is 4.90 Å². The van der Waals surface area contributed by atoms with Crippen molar-refractivity contribution >= 4 is 5.91 Å². The standard InChI is InChI=1S/C25H24N4O2/c1-28(18-23(30)19-11-5-2-6-12-19)25(31)22-17-29(27-26-22)24(20-13-7-3-8-14-20)21-15-9-4-10-16-21/h2-17,23-24,30H,18H2,1H3/t23-/m0/s1. The Kier molecular flexibility index (Phi) is 6.19. The highest BCUT2D eigenvalue weighted by Crippen LogP contribution is 2.26. The molecule has 0 aliphatic carbocycles. The summed E-state index contributed by atoms with van der Waals surface area (Å²) in [6.45, 7) is 0.163. The molecule has 0 fully saturated rings. The van der Waals surface area contributed by atoms with Gasteiger partial charge < -0.3 is 10.0 Å². The highest BCUT2D eigenvalue weighted by molar-refractivity contribution is 5.91. The molecular formula is C25H24N4O2. The molecule has 0 spiro atoms. The monoisotopic (exact) mass is 412 g/mol. The van der Waals surface area contributed by atoms with Crippen LogP contribution >= 0.6 is 0 Å². The Morgan fingerprint density at radius 3 is 1.87 bits per heavy atom. The van der Waals surface area contributed by atoms with Crippen LogP contribution < -0.4 is 0 Å². The maximum absolute atomic E-state index is 12.9. The van der Waals surface area contributed by atoms with E-state index in [0.29, 0.717) is 0 Å². The van der Waals surface area contributed by atoms with Crippen LogP contribution in [0.1, 0.15) is 39.3 Å². The van der Waals surface area contributed by atoms with Gasteiger partial charge in [0.2, 0.25) is 0 Å². The lowest BCUT2D eigenvalue weighted by Gasteiger charge is -2.20. The van der Waals surface area contributed by atoms with E-state index in [1.54, 1.807) is 17.9 Å². The van der Waals surface area contributed by atoms with E-state index in [4.69, 9.17) is 0 Å². The number of amides is 1. The fraction of sp³-hybridized carbons (Fsp3) is 0.160. The van der Waals surface area contributed by atoms with Crippen LogP contribution in [-0.4, -0.2) is 44.5 Å². The van der Waals surface area contributed by atoms with Crippen LogP contribution in [0.15, 0.2) is 97.2 Å². The summed E-state index contributed by atoms with van der Waals surface area (Å²) in [4.78, 5) is 14.4. The first-order valence-electron chi connectivity index (χ1n) is 10.1. The Labute approximate surface area is 181 Å². The van der Waals surface area contributed by atoms with Crippen molar-refractivity contribution in [1.29, 1.82) is 0 Å². The van der Waals surface area contributed by atoms with Gasteiger partial charge in [-0.05, 0) is 16.7 Å². The summed E-state index contributed by atoms with van der Waals surface area (Å²) in [7, 11) is 1.65. The van der Waals surface area contributed by atoms with E-state index >= 15 is 0 Å². The van der Waals surface area contributed by atoms with E-state index in [9.17, 15) is 9.90 Å². The number of likely N-dealkylation sites (N-methyl/N-ethyl adjacent to an activating group) is 1. The van der Waals surface area contributed by atoms with Gasteiger partial charge in [-0.1, -0.05) is 96.2 Å². The molecule has 1 amide bonds. The van der Waals surface area contributed by atoms with Crippen molar-refractivity contribution in [2.24, 2.45) is 0 Å². The van der Waals surface area contributed by atoms with Gasteiger partial charge >= 0.3 is 0 Å². The van der Waals surface area contributed by atoms with Crippen LogP contribution in [-0.2, 0) is 0 Å². The van der Waals surface area contributed by atoms with E-state index in [1.807, 2.05) is 91.0 Å². The second-order valence-corrected chi connectivity index (χ2v) is 7.42. The third-order valence-corrected chi connectivity index (χ3v) is 5.20. The Morgan fingerprint density at radius 2 is 1.35 bits per heavy atom. The second-order valence-electron chi connectivity index (χ2n) is 7.42. The Bertz CT molecular complexity index is 1070. The predicted octanol–water partition coefficient (Wildman–Crippen LogP) is 3.72. The fourth-order valence-electron chi connectivity index (χ4n) is 3.59. The van der Waals surface area contributed by atoms with Crippen LogP contribution in [0.25, 0.3) is 0 Å². The lowest BCUT2D eigenvalue weighted by molar-refractivity contribution is 0.0675. The molecule has 6 heteroatoms. The summed E-state index contributed by atoms with van der Waals surface area (Å²) >= 11 is 0. The first kappa shape index (κ1) is 20.5. The summed E-state index contributed by atoms with van der Waals surface area (Å²) < 4.78 is 1.71. The molecule has 0 radical (unpaired) electrons. The molecule has 4 aromatic rings. The van der Waals surface area contributed by atoms with Crippen LogP contribution in [0.2, 0.25) is 0 Å². The highest BCUT2D eigenvalue weighted by Gasteiger charge is 2.23. The van der Waals surface area contributed by atoms with Gasteiger partial charge in [-0.3, -0.25) is 4.79 Å². The van der Waals surface area contributed by atoms with Gasteiger partial charge in [0.1, 0.15) is 6.04 Å². The van der Waals surface area contributed by atoms with Gasteiger partial charge in [0.25, 0.3) is 5.91 Å². The normalized spacial score (nSPS) is 12.0. The van der Waals surface area contributed by atoms with Crippen molar-refractivity contribution in [3.63, 3.8) is 0 Å². The summed E-state index contributed by atoms with van der Waals surface area (Å²) in [5.41, 5.74) is 3.09. The van der Waals surface area contributed by atoms with Crippen molar-refractivity contribution in [3.8, 4) is 0 Å². The van der Waals surface area contributed by atoms with Crippen LogP contribution in [0.4, 0.5) is 0 Å². The molecule has 6 nitrogen and oxygen atoms in total. The predicted molar refractivity (Wildman–Crippen MR) is 119 cm³/mol. The largest absolute Gasteiger partial charge is 0.387 e. The summed E-state index contributed by atoms with van der Waals surface area (Å²) in [5.74, 6) is -0.291. The number of aromatic nitrogens is 3. The summed E-state index contributed by atoms with van der Waals surface area (Å²) in [6, 6.07) is 29.1. The van der Waals surface area contributed by atoms with Crippen LogP contribution in [0.5, 0.6) is 0 Å². The number of carbonyl (C=O) groups is 1. The van der Waals surface area contributed by atoms with Gasteiger partial charge in [0, 0.05) is 7.05 Å². The molecule has 156 valence electrons. The summed E-state index contributed by atoms with van der Waals surface area (Å²) in [6.07, 6.45) is 0.893. The fourth-order valence-corrected chi connectivity index (χ4v) is 3.59. The molecule has 0 aliphatic heterocycles. The molecule has 0 bridgehead atoms. The Balaban J connectivity index is 1.56. The maximum atomic E-state index is 12.9. The molecule has 0 unspecified atom stereocenters. The van der Waals surface area contributed by atoms with Gasteiger partial charge in [0.05, 0.1) is 18.8 Å². The minimum atomic E-state index is -0.772. The molecule has 3 aromatic carbocycles. The van der Waals surface area contributed by atoms with E-state index in [0.717, 1.165) is 16.7 Å². The topological polar surface area (TPSA) is 71.2 Å². The second kappa shape index (κ2) is 9.36. The molecule has 0 saturated heterocycles. The Morgan fingerprint density at radius 1 is 0.871 bits per heavy atom. The van der Waals surface area contributed by atoms with Gasteiger partial charge in [0.15, 0.2) is 5.69 Å². The average Bonchev–Trinajstić information content (AvgIpc) is 3.30. The smallest absolute Gasteiger partial charge is 0.275 e. The third-order valence-electron chi connectivity index (χ3n) is 5.20. The molecule has 1 atom stereocenters. The lowest BCUT2D eigenvalue weighted by Crippen LogP contribution is -2.31. The molecular weight excluding hydrogens is 388 g/mol. The first-order chi connectivity index (χ1) is 15.1. The van der Waals surface area contributed by atoms with E-state index in [2.05, 4.69) is 10.3 Å². The molecule has 4 rings (SSSR count). The average molecular weight is 412 g/mol. The first-order valence-corrected chi connectivity index (χ1v) is 10.1.